The maximum Gasteiger partial charge on any atom is 0.219 e. The number of ether oxygens (including phenoxy) is 1. The van der Waals surface area contributed by atoms with Crippen LogP contribution in [0.5, 0.6) is 5.75 Å². The standard InChI is InChI=1S/C10H11BrN2O2/c1-7(14)13-5-10(6-13)15-9-2-8(11)3-12-4-9/h2-4,10H,5-6H2,1H3. The van der Waals surface area contributed by atoms with Crippen molar-refractivity contribution < 1.29 is 9.53 Å². The van der Waals surface area contributed by atoms with Gasteiger partial charge in [-0.3, -0.25) is 9.78 Å². The van der Waals surface area contributed by atoms with Crippen molar-refractivity contribution in [2.45, 2.75) is 13.0 Å². The third kappa shape index (κ3) is 2.47. The summed E-state index contributed by atoms with van der Waals surface area (Å²) >= 11 is 3.32. The summed E-state index contributed by atoms with van der Waals surface area (Å²) in [5.41, 5.74) is 0. The van der Waals surface area contributed by atoms with Crippen LogP contribution in [0.25, 0.3) is 0 Å². The van der Waals surface area contributed by atoms with E-state index in [2.05, 4.69) is 20.9 Å². The zero-order chi connectivity index (χ0) is 10.8. The third-order valence-electron chi connectivity index (χ3n) is 2.28. The van der Waals surface area contributed by atoms with Crippen molar-refractivity contribution in [2.75, 3.05) is 13.1 Å². The van der Waals surface area contributed by atoms with Gasteiger partial charge in [0.2, 0.25) is 5.91 Å². The molecule has 1 aliphatic heterocycles. The topological polar surface area (TPSA) is 42.4 Å². The van der Waals surface area contributed by atoms with Crippen LogP contribution >= 0.6 is 15.9 Å². The Morgan fingerprint density at radius 2 is 2.33 bits per heavy atom. The number of halogens is 1. The second kappa shape index (κ2) is 4.18. The van der Waals surface area contributed by atoms with Gasteiger partial charge in [-0.05, 0) is 22.0 Å². The molecule has 1 amide bonds. The zero-order valence-corrected chi connectivity index (χ0v) is 9.90. The van der Waals surface area contributed by atoms with Crippen LogP contribution in [-0.4, -0.2) is 35.0 Å². The molecule has 0 aromatic carbocycles. The number of aromatic nitrogens is 1. The Hall–Kier alpha value is -1.10. The molecule has 4 nitrogen and oxygen atoms in total. The van der Waals surface area contributed by atoms with Gasteiger partial charge < -0.3 is 9.64 Å². The van der Waals surface area contributed by atoms with Crippen molar-refractivity contribution in [3.8, 4) is 5.75 Å². The van der Waals surface area contributed by atoms with Gasteiger partial charge in [0.05, 0.1) is 19.3 Å². The Morgan fingerprint density at radius 1 is 1.60 bits per heavy atom. The molecule has 1 saturated heterocycles. The van der Waals surface area contributed by atoms with Crippen LogP contribution in [0, 0.1) is 0 Å². The van der Waals surface area contributed by atoms with Crippen molar-refractivity contribution in [1.82, 2.24) is 9.88 Å². The van der Waals surface area contributed by atoms with Crippen LogP contribution < -0.4 is 4.74 Å². The number of pyridine rings is 1. The maximum absolute atomic E-state index is 10.9. The van der Waals surface area contributed by atoms with Crippen LogP contribution in [0.2, 0.25) is 0 Å². The van der Waals surface area contributed by atoms with Gasteiger partial charge >= 0.3 is 0 Å². The van der Waals surface area contributed by atoms with Crippen LogP contribution in [-0.2, 0) is 4.79 Å². The molecule has 15 heavy (non-hydrogen) atoms. The number of carbonyl (C=O) groups is 1. The van der Waals surface area contributed by atoms with Crippen LogP contribution in [0.15, 0.2) is 22.9 Å². The van der Waals surface area contributed by atoms with E-state index in [1.54, 1.807) is 24.2 Å². The minimum Gasteiger partial charge on any atom is -0.485 e. The van der Waals surface area contributed by atoms with Crippen molar-refractivity contribution in [3.63, 3.8) is 0 Å². The lowest BCUT2D eigenvalue weighted by Crippen LogP contribution is -2.55. The van der Waals surface area contributed by atoms with E-state index in [4.69, 9.17) is 4.74 Å². The molecule has 0 atom stereocenters. The van der Waals surface area contributed by atoms with Gasteiger partial charge in [0.15, 0.2) is 0 Å². The first-order chi connectivity index (χ1) is 7.15. The second-order valence-electron chi connectivity index (χ2n) is 3.50. The highest BCUT2D eigenvalue weighted by molar-refractivity contribution is 9.10. The average Bonchev–Trinajstić information content (AvgIpc) is 2.10. The van der Waals surface area contributed by atoms with Gasteiger partial charge in [-0.1, -0.05) is 0 Å². The van der Waals surface area contributed by atoms with E-state index >= 15 is 0 Å². The lowest BCUT2D eigenvalue weighted by atomic mass is 10.1. The molecule has 0 bridgehead atoms. The van der Waals surface area contributed by atoms with Crippen LogP contribution in [0.4, 0.5) is 0 Å². The highest BCUT2D eigenvalue weighted by Crippen LogP contribution is 2.20. The quantitative estimate of drug-likeness (QED) is 0.817. The van der Waals surface area contributed by atoms with E-state index in [-0.39, 0.29) is 12.0 Å². The Morgan fingerprint density at radius 3 is 2.93 bits per heavy atom. The summed E-state index contributed by atoms with van der Waals surface area (Å²) in [7, 11) is 0. The Kier molecular flexibility index (Phi) is 2.90. The Labute approximate surface area is 96.4 Å². The molecule has 1 aromatic rings. The van der Waals surface area contributed by atoms with Crippen molar-refractivity contribution in [1.29, 1.82) is 0 Å². The summed E-state index contributed by atoms with van der Waals surface area (Å²) in [6.07, 6.45) is 3.47. The summed E-state index contributed by atoms with van der Waals surface area (Å²) in [4.78, 5) is 16.7. The molecule has 0 radical (unpaired) electrons. The monoisotopic (exact) mass is 270 g/mol. The van der Waals surface area contributed by atoms with E-state index < -0.39 is 0 Å². The molecule has 0 spiro atoms. The van der Waals surface area contributed by atoms with Gasteiger partial charge in [0.1, 0.15) is 11.9 Å². The summed E-state index contributed by atoms with van der Waals surface area (Å²) in [5, 5.41) is 0. The summed E-state index contributed by atoms with van der Waals surface area (Å²) in [6.45, 7) is 2.90. The number of nitrogens with zero attached hydrogens (tertiary/aromatic N) is 2. The van der Waals surface area contributed by atoms with E-state index in [0.29, 0.717) is 13.1 Å². The third-order valence-corrected chi connectivity index (χ3v) is 2.71. The van der Waals surface area contributed by atoms with E-state index in [0.717, 1.165) is 10.2 Å². The van der Waals surface area contributed by atoms with E-state index in [9.17, 15) is 4.79 Å². The fraction of sp³-hybridized carbons (Fsp3) is 0.400. The minimum atomic E-state index is 0.0993. The Balaban J connectivity index is 1.87. The summed E-state index contributed by atoms with van der Waals surface area (Å²) in [5.74, 6) is 0.833. The zero-order valence-electron chi connectivity index (χ0n) is 8.31. The number of likely N-dealkylation sites (tertiary alicyclic amines) is 1. The molecular formula is C10H11BrN2O2. The van der Waals surface area contributed by atoms with Gasteiger partial charge in [-0.2, -0.15) is 0 Å². The fourth-order valence-corrected chi connectivity index (χ4v) is 1.76. The number of amides is 1. The van der Waals surface area contributed by atoms with Gasteiger partial charge in [0.25, 0.3) is 0 Å². The molecule has 0 N–H and O–H groups in total. The van der Waals surface area contributed by atoms with Gasteiger partial charge in [-0.15, -0.1) is 0 Å². The lowest BCUT2D eigenvalue weighted by molar-refractivity contribution is -0.137. The molecule has 1 aliphatic rings. The SMILES string of the molecule is CC(=O)N1CC(Oc2cncc(Br)c2)C1. The number of carbonyl (C=O) groups excluding carboxylic acids is 1. The molecular weight excluding hydrogens is 260 g/mol. The van der Waals surface area contributed by atoms with E-state index in [1.165, 1.54) is 0 Å². The highest BCUT2D eigenvalue weighted by atomic mass is 79.9. The first kappa shape index (κ1) is 10.4. The molecule has 1 aromatic heterocycles. The van der Waals surface area contributed by atoms with Crippen molar-refractivity contribution in [2.24, 2.45) is 0 Å². The molecule has 2 rings (SSSR count). The highest BCUT2D eigenvalue weighted by Gasteiger charge is 2.30. The predicted octanol–water partition coefficient (Wildman–Crippen LogP) is 1.45. The van der Waals surface area contributed by atoms with Gasteiger partial charge in [0, 0.05) is 17.6 Å². The van der Waals surface area contributed by atoms with Crippen LogP contribution in [0.3, 0.4) is 0 Å². The first-order valence-corrected chi connectivity index (χ1v) is 5.47. The smallest absolute Gasteiger partial charge is 0.219 e. The Bertz CT molecular complexity index is 377. The number of hydrogen-bond donors (Lipinski definition) is 0. The predicted molar refractivity (Wildman–Crippen MR) is 58.6 cm³/mol. The molecule has 80 valence electrons. The summed E-state index contributed by atoms with van der Waals surface area (Å²) in [6, 6.07) is 1.86. The van der Waals surface area contributed by atoms with Crippen molar-refractivity contribution >= 4 is 21.8 Å². The molecule has 0 aliphatic carbocycles. The number of hydrogen-bond acceptors (Lipinski definition) is 3. The van der Waals surface area contributed by atoms with E-state index in [1.807, 2.05) is 6.07 Å². The normalized spacial score (nSPS) is 16.0. The lowest BCUT2D eigenvalue weighted by Gasteiger charge is -2.38. The summed E-state index contributed by atoms with van der Waals surface area (Å²) < 4.78 is 6.52. The maximum atomic E-state index is 10.9. The van der Waals surface area contributed by atoms with Gasteiger partial charge in [-0.25, -0.2) is 0 Å². The van der Waals surface area contributed by atoms with Crippen molar-refractivity contribution in [3.05, 3.63) is 22.9 Å². The molecule has 1 fully saturated rings. The fourth-order valence-electron chi connectivity index (χ4n) is 1.42. The molecule has 5 heteroatoms. The second-order valence-corrected chi connectivity index (χ2v) is 4.42. The molecule has 0 saturated carbocycles. The number of rotatable bonds is 2. The van der Waals surface area contributed by atoms with Crippen LogP contribution in [0.1, 0.15) is 6.92 Å². The first-order valence-electron chi connectivity index (χ1n) is 4.68. The molecule has 2 heterocycles. The molecule has 0 unspecified atom stereocenters. The minimum absolute atomic E-state index is 0.0993. The largest absolute Gasteiger partial charge is 0.485 e. The average molecular weight is 271 g/mol.